The number of hydrogen-bond donors (Lipinski definition) is 1. The Morgan fingerprint density at radius 2 is 1.74 bits per heavy atom. The Kier molecular flexibility index (Phi) is 6.20. The number of furan rings is 1. The standard InChI is InChI=1S/C25H26ClN3O5/c1-33-21-4-2-3-17-13-22(34-23(17)21)25(32)29-14-19(20(30)15-29)27-9-11-28(12-10-27)24(31)16-5-7-18(26)8-6-16/h2-8,13,19-20,30H,9-12,14-15H2,1H3/t19-,20-/m0/s1. The Hall–Kier alpha value is -3.07. The topological polar surface area (TPSA) is 86.5 Å². The van der Waals surface area contributed by atoms with E-state index >= 15 is 0 Å². The quantitative estimate of drug-likeness (QED) is 0.614. The number of nitrogens with zero attached hydrogens (tertiary/aromatic N) is 3. The molecule has 0 radical (unpaired) electrons. The molecule has 0 spiro atoms. The molecule has 2 aromatic carbocycles. The second kappa shape index (κ2) is 9.29. The molecule has 1 N–H and O–H groups in total. The van der Waals surface area contributed by atoms with E-state index < -0.39 is 6.10 Å². The van der Waals surface area contributed by atoms with Gasteiger partial charge in [-0.05, 0) is 36.4 Å². The molecule has 2 fully saturated rings. The van der Waals surface area contributed by atoms with Gasteiger partial charge in [-0.3, -0.25) is 14.5 Å². The van der Waals surface area contributed by atoms with E-state index in [0.717, 1.165) is 5.39 Å². The van der Waals surface area contributed by atoms with Crippen LogP contribution in [0, 0.1) is 0 Å². The Labute approximate surface area is 202 Å². The molecule has 2 atom stereocenters. The molecule has 0 saturated carbocycles. The van der Waals surface area contributed by atoms with Crippen LogP contribution in [0.1, 0.15) is 20.9 Å². The lowest BCUT2D eigenvalue weighted by atomic mass is 10.1. The van der Waals surface area contributed by atoms with E-state index in [-0.39, 0.29) is 30.2 Å². The number of halogens is 1. The fourth-order valence-electron chi connectivity index (χ4n) is 4.78. The largest absolute Gasteiger partial charge is 0.493 e. The van der Waals surface area contributed by atoms with Crippen LogP contribution in [0.15, 0.2) is 52.9 Å². The van der Waals surface area contributed by atoms with Gasteiger partial charge in [0.25, 0.3) is 11.8 Å². The van der Waals surface area contributed by atoms with Crippen molar-refractivity contribution in [2.75, 3.05) is 46.4 Å². The number of β-amino-alcohol motifs (C(OH)–C–C–N with tert-alkyl or cyclic N) is 1. The Morgan fingerprint density at radius 3 is 2.44 bits per heavy atom. The van der Waals surface area contributed by atoms with Crippen molar-refractivity contribution >= 4 is 34.4 Å². The number of ether oxygens (including phenoxy) is 1. The van der Waals surface area contributed by atoms with Gasteiger partial charge in [-0.25, -0.2) is 0 Å². The van der Waals surface area contributed by atoms with Gasteiger partial charge < -0.3 is 24.1 Å². The average Bonchev–Trinajstić information content (AvgIpc) is 3.47. The van der Waals surface area contributed by atoms with Crippen molar-refractivity contribution in [3.05, 3.63) is 64.9 Å². The SMILES string of the molecule is COc1cccc2cc(C(=O)N3C[C@H](O)[C@@H](N4CCN(C(=O)c5ccc(Cl)cc5)CC4)C3)oc12. The van der Waals surface area contributed by atoms with Gasteiger partial charge in [0.2, 0.25) is 0 Å². The van der Waals surface area contributed by atoms with E-state index in [1.807, 2.05) is 17.0 Å². The maximum Gasteiger partial charge on any atom is 0.289 e. The van der Waals surface area contributed by atoms with E-state index in [1.165, 1.54) is 0 Å². The molecule has 0 bridgehead atoms. The third-order valence-corrected chi connectivity index (χ3v) is 6.90. The number of likely N-dealkylation sites (tertiary alicyclic amines) is 1. The van der Waals surface area contributed by atoms with Crippen LogP contribution in [0.3, 0.4) is 0 Å². The van der Waals surface area contributed by atoms with E-state index in [0.29, 0.717) is 54.6 Å². The molecule has 0 aliphatic carbocycles. The molecule has 0 unspecified atom stereocenters. The van der Waals surface area contributed by atoms with Crippen LogP contribution in [-0.2, 0) is 0 Å². The summed E-state index contributed by atoms with van der Waals surface area (Å²) in [6.45, 7) is 3.01. The first-order valence-corrected chi connectivity index (χ1v) is 11.6. The molecule has 3 aromatic rings. The summed E-state index contributed by atoms with van der Waals surface area (Å²) >= 11 is 5.92. The lowest BCUT2D eigenvalue weighted by Crippen LogP contribution is -2.54. The molecular weight excluding hydrogens is 458 g/mol. The van der Waals surface area contributed by atoms with Crippen molar-refractivity contribution in [2.24, 2.45) is 0 Å². The fourth-order valence-corrected chi connectivity index (χ4v) is 4.91. The summed E-state index contributed by atoms with van der Waals surface area (Å²) in [4.78, 5) is 31.5. The van der Waals surface area contributed by atoms with Crippen LogP contribution in [0.4, 0.5) is 0 Å². The number of fused-ring (bicyclic) bond motifs is 1. The fraction of sp³-hybridized carbons (Fsp3) is 0.360. The maximum atomic E-state index is 13.1. The third kappa shape index (κ3) is 4.24. The minimum absolute atomic E-state index is 0.0274. The molecule has 1 aromatic heterocycles. The van der Waals surface area contributed by atoms with E-state index in [2.05, 4.69) is 4.90 Å². The summed E-state index contributed by atoms with van der Waals surface area (Å²) in [5, 5.41) is 12.1. The Morgan fingerprint density at radius 1 is 1.00 bits per heavy atom. The zero-order valence-corrected chi connectivity index (χ0v) is 19.6. The summed E-state index contributed by atoms with van der Waals surface area (Å²) in [5.41, 5.74) is 1.14. The Balaban J connectivity index is 1.22. The van der Waals surface area contributed by atoms with E-state index in [1.54, 1.807) is 48.4 Å². The predicted molar refractivity (Wildman–Crippen MR) is 127 cm³/mol. The first kappa shape index (κ1) is 22.7. The number of methoxy groups -OCH3 is 1. The average molecular weight is 484 g/mol. The highest BCUT2D eigenvalue weighted by molar-refractivity contribution is 6.30. The van der Waals surface area contributed by atoms with Crippen molar-refractivity contribution < 1.29 is 23.8 Å². The van der Waals surface area contributed by atoms with Gasteiger partial charge >= 0.3 is 0 Å². The molecule has 5 rings (SSSR count). The number of rotatable bonds is 4. The molecule has 9 heteroatoms. The van der Waals surface area contributed by atoms with Crippen LogP contribution in [0.5, 0.6) is 5.75 Å². The number of carbonyl (C=O) groups excluding carboxylic acids is 2. The van der Waals surface area contributed by atoms with Crippen molar-refractivity contribution in [3.8, 4) is 5.75 Å². The van der Waals surface area contributed by atoms with Gasteiger partial charge in [0, 0.05) is 55.2 Å². The summed E-state index contributed by atoms with van der Waals surface area (Å²) < 4.78 is 11.1. The van der Waals surface area contributed by atoms with Gasteiger partial charge in [-0.15, -0.1) is 0 Å². The molecule has 2 aliphatic rings. The summed E-state index contributed by atoms with van der Waals surface area (Å²) in [6.07, 6.45) is -0.665. The normalized spacial score (nSPS) is 21.3. The van der Waals surface area contributed by atoms with Crippen molar-refractivity contribution in [2.45, 2.75) is 12.1 Å². The van der Waals surface area contributed by atoms with Crippen LogP contribution in [0.25, 0.3) is 11.0 Å². The predicted octanol–water partition coefficient (Wildman–Crippen LogP) is 2.74. The number of hydrogen-bond acceptors (Lipinski definition) is 6. The van der Waals surface area contributed by atoms with Crippen LogP contribution in [-0.4, -0.2) is 90.1 Å². The summed E-state index contributed by atoms with van der Waals surface area (Å²) in [6, 6.07) is 13.9. The molecular formula is C25H26ClN3O5. The summed E-state index contributed by atoms with van der Waals surface area (Å²) in [5.74, 6) is 0.518. The molecule has 2 amide bonds. The van der Waals surface area contributed by atoms with Crippen molar-refractivity contribution in [1.82, 2.24) is 14.7 Å². The molecule has 178 valence electrons. The molecule has 2 aliphatic heterocycles. The van der Waals surface area contributed by atoms with Gasteiger partial charge in [-0.1, -0.05) is 23.7 Å². The highest BCUT2D eigenvalue weighted by atomic mass is 35.5. The number of piperazine rings is 1. The lowest BCUT2D eigenvalue weighted by molar-refractivity contribution is 0.0376. The van der Waals surface area contributed by atoms with Crippen molar-refractivity contribution in [1.29, 1.82) is 0 Å². The smallest absolute Gasteiger partial charge is 0.289 e. The molecule has 34 heavy (non-hydrogen) atoms. The molecule has 8 nitrogen and oxygen atoms in total. The highest BCUT2D eigenvalue weighted by Gasteiger charge is 2.40. The number of carbonyl (C=O) groups is 2. The number of amides is 2. The number of benzene rings is 2. The van der Waals surface area contributed by atoms with Gasteiger partial charge in [0.1, 0.15) is 0 Å². The number of aliphatic hydroxyl groups is 1. The number of aliphatic hydroxyl groups excluding tert-OH is 1. The maximum absolute atomic E-state index is 13.1. The zero-order valence-electron chi connectivity index (χ0n) is 18.8. The first-order chi connectivity index (χ1) is 16.4. The third-order valence-electron chi connectivity index (χ3n) is 6.65. The van der Waals surface area contributed by atoms with Crippen LogP contribution in [0.2, 0.25) is 5.02 Å². The second-order valence-electron chi connectivity index (χ2n) is 8.67. The highest BCUT2D eigenvalue weighted by Crippen LogP contribution is 2.30. The second-order valence-corrected chi connectivity index (χ2v) is 9.11. The first-order valence-electron chi connectivity index (χ1n) is 11.3. The minimum Gasteiger partial charge on any atom is -0.493 e. The number of para-hydroxylation sites is 1. The lowest BCUT2D eigenvalue weighted by Gasteiger charge is -2.38. The van der Waals surface area contributed by atoms with Gasteiger partial charge in [0.15, 0.2) is 17.1 Å². The molecule has 2 saturated heterocycles. The minimum atomic E-state index is -0.665. The monoisotopic (exact) mass is 483 g/mol. The molecule has 3 heterocycles. The van der Waals surface area contributed by atoms with Crippen LogP contribution < -0.4 is 4.74 Å². The van der Waals surface area contributed by atoms with Crippen LogP contribution >= 0.6 is 11.6 Å². The van der Waals surface area contributed by atoms with Crippen molar-refractivity contribution in [3.63, 3.8) is 0 Å². The van der Waals surface area contributed by atoms with Gasteiger partial charge in [-0.2, -0.15) is 0 Å². The Bertz CT molecular complexity index is 1200. The summed E-state index contributed by atoms with van der Waals surface area (Å²) in [7, 11) is 1.56. The van der Waals surface area contributed by atoms with E-state index in [9.17, 15) is 14.7 Å². The zero-order chi connectivity index (χ0) is 23.8. The van der Waals surface area contributed by atoms with Gasteiger partial charge in [0.05, 0.1) is 19.3 Å². The van der Waals surface area contributed by atoms with E-state index in [4.69, 9.17) is 20.8 Å².